The van der Waals surface area contributed by atoms with E-state index >= 15 is 0 Å². The molecule has 1 N–H and O–H groups in total. The lowest BCUT2D eigenvalue weighted by atomic mass is 9.82. The van der Waals surface area contributed by atoms with E-state index in [0.717, 1.165) is 30.1 Å². The second-order valence-corrected chi connectivity index (χ2v) is 6.85. The number of hydrogen-bond donors (Lipinski definition) is 1. The zero-order valence-corrected chi connectivity index (χ0v) is 12.2. The van der Waals surface area contributed by atoms with Gasteiger partial charge in [0.05, 0.1) is 5.56 Å². The molecule has 1 aromatic carbocycles. The van der Waals surface area contributed by atoms with E-state index < -0.39 is 17.6 Å². The second kappa shape index (κ2) is 5.47. The molecule has 1 saturated heterocycles. The molecule has 1 heterocycles. The predicted molar refractivity (Wildman–Crippen MR) is 74.5 cm³/mol. The van der Waals surface area contributed by atoms with Crippen molar-refractivity contribution >= 4 is 17.4 Å². The minimum absolute atomic E-state index is 0.0119. The summed E-state index contributed by atoms with van der Waals surface area (Å²) in [6.45, 7) is 4.19. The van der Waals surface area contributed by atoms with Crippen molar-refractivity contribution in [2.75, 3.05) is 16.8 Å². The van der Waals surface area contributed by atoms with Crippen LogP contribution in [0.1, 0.15) is 25.8 Å². The van der Waals surface area contributed by atoms with E-state index in [2.05, 4.69) is 19.2 Å². The first-order valence-corrected chi connectivity index (χ1v) is 7.57. The molecule has 1 aliphatic rings. The Morgan fingerprint density at radius 1 is 1.30 bits per heavy atom. The maximum Gasteiger partial charge on any atom is 0.419 e. The Bertz CT molecular complexity index is 485. The highest BCUT2D eigenvalue weighted by Crippen LogP contribution is 2.37. The lowest BCUT2D eigenvalue weighted by Gasteiger charge is -2.39. The molecular weight excluding hydrogens is 290 g/mol. The van der Waals surface area contributed by atoms with Crippen molar-refractivity contribution < 1.29 is 17.6 Å². The van der Waals surface area contributed by atoms with Crippen LogP contribution in [-0.2, 0) is 6.18 Å². The quantitative estimate of drug-likeness (QED) is 0.789. The molecule has 0 aliphatic carbocycles. The topological polar surface area (TPSA) is 12.0 Å². The Labute approximate surface area is 120 Å². The standard InChI is InChI=1S/C14H17F4NS/c1-13(2)5-6-20-8-12(13)19-9-3-4-11(15)10(7-9)14(16,17)18/h3-4,7,12,19H,5-6,8H2,1-2H3. The lowest BCUT2D eigenvalue weighted by molar-refractivity contribution is -0.139. The number of benzene rings is 1. The number of anilines is 1. The smallest absolute Gasteiger partial charge is 0.381 e. The van der Waals surface area contributed by atoms with E-state index in [1.54, 1.807) is 11.8 Å². The fraction of sp³-hybridized carbons (Fsp3) is 0.571. The van der Waals surface area contributed by atoms with Crippen LogP contribution in [0.25, 0.3) is 0 Å². The van der Waals surface area contributed by atoms with E-state index in [1.807, 2.05) is 0 Å². The maximum absolute atomic E-state index is 13.2. The van der Waals surface area contributed by atoms with E-state index in [-0.39, 0.29) is 11.5 Å². The van der Waals surface area contributed by atoms with Gasteiger partial charge in [-0.1, -0.05) is 13.8 Å². The molecule has 20 heavy (non-hydrogen) atoms. The van der Waals surface area contributed by atoms with Gasteiger partial charge in [0.15, 0.2) is 0 Å². The van der Waals surface area contributed by atoms with Gasteiger partial charge < -0.3 is 5.32 Å². The summed E-state index contributed by atoms with van der Waals surface area (Å²) in [5.41, 5.74) is -0.888. The van der Waals surface area contributed by atoms with Crippen molar-refractivity contribution in [2.24, 2.45) is 5.41 Å². The number of hydrogen-bond acceptors (Lipinski definition) is 2. The summed E-state index contributed by atoms with van der Waals surface area (Å²) in [6.07, 6.45) is -3.67. The number of nitrogens with one attached hydrogen (secondary N) is 1. The molecule has 0 bridgehead atoms. The van der Waals surface area contributed by atoms with Crippen LogP contribution in [0.4, 0.5) is 23.2 Å². The van der Waals surface area contributed by atoms with Gasteiger partial charge >= 0.3 is 6.18 Å². The van der Waals surface area contributed by atoms with Gasteiger partial charge in [-0.15, -0.1) is 0 Å². The van der Waals surface area contributed by atoms with Gasteiger partial charge in [0, 0.05) is 17.5 Å². The molecule has 1 aliphatic heterocycles. The summed E-state index contributed by atoms with van der Waals surface area (Å²) >= 11 is 1.78. The molecule has 0 spiro atoms. The largest absolute Gasteiger partial charge is 0.419 e. The van der Waals surface area contributed by atoms with Crippen LogP contribution in [0.5, 0.6) is 0 Å². The van der Waals surface area contributed by atoms with Crippen LogP contribution in [0.3, 0.4) is 0 Å². The van der Waals surface area contributed by atoms with Crippen LogP contribution >= 0.6 is 11.8 Å². The van der Waals surface area contributed by atoms with Gasteiger partial charge in [-0.25, -0.2) is 4.39 Å². The number of alkyl halides is 3. The molecule has 6 heteroatoms. The summed E-state index contributed by atoms with van der Waals surface area (Å²) in [7, 11) is 0. The van der Waals surface area contributed by atoms with Crippen molar-refractivity contribution in [1.82, 2.24) is 0 Å². The molecule has 1 atom stereocenters. The number of thioether (sulfide) groups is 1. The van der Waals surface area contributed by atoms with E-state index in [9.17, 15) is 17.6 Å². The summed E-state index contributed by atoms with van der Waals surface area (Å²) in [6, 6.07) is 3.16. The van der Waals surface area contributed by atoms with Crippen molar-refractivity contribution in [2.45, 2.75) is 32.5 Å². The van der Waals surface area contributed by atoms with Crippen LogP contribution in [0, 0.1) is 11.2 Å². The number of halogens is 4. The van der Waals surface area contributed by atoms with Gasteiger partial charge in [-0.05, 0) is 35.8 Å². The van der Waals surface area contributed by atoms with Crippen LogP contribution in [0.15, 0.2) is 18.2 Å². The molecule has 1 fully saturated rings. The van der Waals surface area contributed by atoms with E-state index in [1.165, 1.54) is 6.07 Å². The first kappa shape index (κ1) is 15.5. The molecule has 0 amide bonds. The Hall–Kier alpha value is -0.910. The van der Waals surface area contributed by atoms with Crippen LogP contribution in [0.2, 0.25) is 0 Å². The number of rotatable bonds is 2. The maximum atomic E-state index is 13.2. The average molecular weight is 307 g/mol. The van der Waals surface area contributed by atoms with Crippen LogP contribution < -0.4 is 5.32 Å². The third-order valence-corrected chi connectivity index (χ3v) is 4.79. The van der Waals surface area contributed by atoms with Gasteiger partial charge in [0.1, 0.15) is 5.82 Å². The minimum Gasteiger partial charge on any atom is -0.381 e. The molecule has 1 unspecified atom stereocenters. The monoisotopic (exact) mass is 307 g/mol. The summed E-state index contributed by atoms with van der Waals surface area (Å²) < 4.78 is 51.3. The fourth-order valence-electron chi connectivity index (χ4n) is 2.21. The fourth-order valence-corrected chi connectivity index (χ4v) is 3.81. The first-order valence-electron chi connectivity index (χ1n) is 6.41. The van der Waals surface area contributed by atoms with Gasteiger partial charge in [0.2, 0.25) is 0 Å². The summed E-state index contributed by atoms with van der Waals surface area (Å²) in [4.78, 5) is 0. The molecule has 112 valence electrons. The highest BCUT2D eigenvalue weighted by atomic mass is 32.2. The van der Waals surface area contributed by atoms with E-state index in [0.29, 0.717) is 5.69 Å². The zero-order valence-electron chi connectivity index (χ0n) is 11.4. The van der Waals surface area contributed by atoms with Gasteiger partial charge in [-0.3, -0.25) is 0 Å². The van der Waals surface area contributed by atoms with Crippen molar-refractivity contribution in [1.29, 1.82) is 0 Å². The summed E-state index contributed by atoms with van der Waals surface area (Å²) in [5, 5.41) is 3.12. The molecular formula is C14H17F4NS. The SMILES string of the molecule is CC1(C)CCSCC1Nc1ccc(F)c(C(F)(F)F)c1. The normalized spacial score (nSPS) is 22.6. The molecule has 1 nitrogen and oxygen atoms in total. The van der Waals surface area contributed by atoms with Crippen LogP contribution in [-0.4, -0.2) is 17.5 Å². The molecule has 0 radical (unpaired) electrons. The Kier molecular flexibility index (Phi) is 4.23. The third-order valence-electron chi connectivity index (χ3n) is 3.73. The Balaban J connectivity index is 2.22. The van der Waals surface area contributed by atoms with Gasteiger partial charge in [-0.2, -0.15) is 24.9 Å². The van der Waals surface area contributed by atoms with Crippen molar-refractivity contribution in [3.63, 3.8) is 0 Å². The highest BCUT2D eigenvalue weighted by Gasteiger charge is 2.36. The predicted octanol–water partition coefficient (Wildman–Crippen LogP) is 4.79. The molecule has 0 saturated carbocycles. The first-order chi connectivity index (χ1) is 9.20. The summed E-state index contributed by atoms with van der Waals surface area (Å²) in [5.74, 6) is 0.661. The average Bonchev–Trinajstić information content (AvgIpc) is 2.32. The second-order valence-electron chi connectivity index (χ2n) is 5.70. The zero-order chi connectivity index (χ0) is 15.0. The van der Waals surface area contributed by atoms with Crippen molar-refractivity contribution in [3.8, 4) is 0 Å². The highest BCUT2D eigenvalue weighted by molar-refractivity contribution is 7.99. The Morgan fingerprint density at radius 2 is 2.00 bits per heavy atom. The third kappa shape index (κ3) is 3.40. The molecule has 0 aromatic heterocycles. The van der Waals surface area contributed by atoms with Gasteiger partial charge in [0.25, 0.3) is 0 Å². The van der Waals surface area contributed by atoms with Crippen molar-refractivity contribution in [3.05, 3.63) is 29.6 Å². The Morgan fingerprint density at radius 3 is 2.60 bits per heavy atom. The minimum atomic E-state index is -4.67. The lowest BCUT2D eigenvalue weighted by Crippen LogP contribution is -2.41. The van der Waals surface area contributed by atoms with E-state index in [4.69, 9.17) is 0 Å². The molecule has 2 rings (SSSR count). The molecule has 1 aromatic rings.